The first-order chi connectivity index (χ1) is 12.0. The molecule has 1 aromatic heterocycles. The smallest absolute Gasteiger partial charge is 0.243 e. The highest BCUT2D eigenvalue weighted by Gasteiger charge is 2.22. The zero-order chi connectivity index (χ0) is 18.2. The molecule has 2 rings (SSSR count). The third-order valence-corrected chi connectivity index (χ3v) is 4.26. The van der Waals surface area contributed by atoms with E-state index in [0.29, 0.717) is 6.04 Å². The Morgan fingerprint density at radius 1 is 1.27 bits per heavy atom. The second kappa shape index (κ2) is 11.1. The minimum absolute atomic E-state index is 0. The number of amides is 1. The monoisotopic (exact) mass is 475 g/mol. The van der Waals surface area contributed by atoms with Crippen molar-refractivity contribution in [1.29, 1.82) is 0 Å². The van der Waals surface area contributed by atoms with Crippen molar-refractivity contribution in [3.05, 3.63) is 18.5 Å². The van der Waals surface area contributed by atoms with Gasteiger partial charge in [-0.3, -0.25) is 4.79 Å². The molecule has 0 spiro atoms. The number of rotatable bonds is 5. The lowest BCUT2D eigenvalue weighted by Gasteiger charge is -2.37. The van der Waals surface area contributed by atoms with Crippen molar-refractivity contribution < 1.29 is 4.79 Å². The van der Waals surface area contributed by atoms with Crippen LogP contribution in [0, 0.1) is 0 Å². The van der Waals surface area contributed by atoms with Crippen LogP contribution in [0.4, 0.5) is 5.95 Å². The number of anilines is 1. The highest BCUT2D eigenvalue weighted by molar-refractivity contribution is 14.0. The molecule has 1 aromatic rings. The third kappa shape index (κ3) is 6.58. The number of nitrogens with zero attached hydrogens (tertiary/aromatic N) is 6. The molecule has 2 heterocycles. The molecule has 0 radical (unpaired) electrons. The minimum atomic E-state index is -0.000210. The predicted molar refractivity (Wildman–Crippen MR) is 115 cm³/mol. The average Bonchev–Trinajstić information content (AvgIpc) is 2.65. The number of piperazine rings is 1. The molecule has 8 nitrogen and oxygen atoms in total. The summed E-state index contributed by atoms with van der Waals surface area (Å²) in [5, 5.41) is 3.44. The van der Waals surface area contributed by atoms with Crippen molar-refractivity contribution in [3.63, 3.8) is 0 Å². The largest absolute Gasteiger partial charge is 0.354 e. The van der Waals surface area contributed by atoms with Crippen LogP contribution in [0.15, 0.2) is 23.5 Å². The van der Waals surface area contributed by atoms with E-state index in [4.69, 9.17) is 0 Å². The number of nitrogens with one attached hydrogen (secondary N) is 1. The Balaban J connectivity index is 0.00000338. The van der Waals surface area contributed by atoms with E-state index in [0.717, 1.165) is 44.5 Å². The summed E-state index contributed by atoms with van der Waals surface area (Å²) in [4.78, 5) is 31.0. The molecule has 146 valence electrons. The van der Waals surface area contributed by atoms with Gasteiger partial charge >= 0.3 is 0 Å². The van der Waals surface area contributed by atoms with E-state index >= 15 is 0 Å². The van der Waals surface area contributed by atoms with Gasteiger partial charge in [-0.25, -0.2) is 15.0 Å². The van der Waals surface area contributed by atoms with Gasteiger partial charge in [-0.15, -0.1) is 24.0 Å². The van der Waals surface area contributed by atoms with Gasteiger partial charge < -0.3 is 20.0 Å². The highest BCUT2D eigenvalue weighted by Crippen LogP contribution is 2.10. The van der Waals surface area contributed by atoms with Crippen LogP contribution < -0.4 is 10.2 Å². The van der Waals surface area contributed by atoms with Crippen LogP contribution in [0.25, 0.3) is 0 Å². The van der Waals surface area contributed by atoms with Gasteiger partial charge in [0, 0.05) is 58.7 Å². The van der Waals surface area contributed by atoms with Crippen LogP contribution in [0.1, 0.15) is 20.3 Å². The van der Waals surface area contributed by atoms with Crippen LogP contribution in [0.3, 0.4) is 0 Å². The number of halogens is 1. The zero-order valence-electron chi connectivity index (χ0n) is 16.1. The maximum absolute atomic E-state index is 11.9. The van der Waals surface area contributed by atoms with Gasteiger partial charge in [0.15, 0.2) is 5.96 Å². The zero-order valence-corrected chi connectivity index (χ0v) is 18.4. The number of carbonyl (C=O) groups is 1. The van der Waals surface area contributed by atoms with Gasteiger partial charge in [0.05, 0.1) is 0 Å². The molecule has 1 N–H and O–H groups in total. The number of carbonyl (C=O) groups excluding carboxylic acids is 1. The maximum Gasteiger partial charge on any atom is 0.243 e. The molecule has 1 atom stereocenters. The summed E-state index contributed by atoms with van der Waals surface area (Å²) in [6, 6.07) is 2.13. The molecule has 0 aliphatic carbocycles. The first-order valence-electron chi connectivity index (χ1n) is 8.79. The van der Waals surface area contributed by atoms with Crippen molar-refractivity contribution >= 4 is 41.8 Å². The third-order valence-electron chi connectivity index (χ3n) is 4.26. The van der Waals surface area contributed by atoms with Gasteiger partial charge in [-0.2, -0.15) is 0 Å². The van der Waals surface area contributed by atoms with Crippen LogP contribution in [-0.4, -0.2) is 84.5 Å². The van der Waals surface area contributed by atoms with Gasteiger partial charge in [-0.05, 0) is 19.4 Å². The molecule has 1 saturated heterocycles. The normalized spacial score (nSPS) is 15.9. The highest BCUT2D eigenvalue weighted by atomic mass is 127. The lowest BCUT2D eigenvalue weighted by molar-refractivity contribution is -0.127. The van der Waals surface area contributed by atoms with Crippen LogP contribution in [-0.2, 0) is 4.79 Å². The topological polar surface area (TPSA) is 77.0 Å². The Bertz CT molecular complexity index is 574. The van der Waals surface area contributed by atoms with E-state index in [1.54, 1.807) is 31.4 Å². The van der Waals surface area contributed by atoms with E-state index in [2.05, 4.69) is 43.9 Å². The van der Waals surface area contributed by atoms with Crippen molar-refractivity contribution in [2.75, 3.05) is 51.7 Å². The molecule has 0 saturated carbocycles. The Hall–Kier alpha value is -1.65. The summed E-state index contributed by atoms with van der Waals surface area (Å²) in [7, 11) is 3.50. The molecule has 1 amide bonds. The molecule has 1 aliphatic heterocycles. The standard InChI is InChI=1S/C17H29N7O.HI/c1-5-14(2)21-17(20-13-15(25)22(3)4)24-11-9-23(10-12-24)16-18-7-6-8-19-16;/h6-8,14H,5,9-13H2,1-4H3,(H,20,21);1H. The van der Waals surface area contributed by atoms with Gasteiger partial charge in [0.25, 0.3) is 0 Å². The fourth-order valence-electron chi connectivity index (χ4n) is 2.42. The Labute approximate surface area is 173 Å². The molecule has 1 unspecified atom stereocenters. The van der Waals surface area contributed by atoms with Gasteiger partial charge in [-0.1, -0.05) is 6.92 Å². The number of aromatic nitrogens is 2. The van der Waals surface area contributed by atoms with Crippen molar-refractivity contribution in [1.82, 2.24) is 25.1 Å². The fraction of sp³-hybridized carbons (Fsp3) is 0.647. The summed E-state index contributed by atoms with van der Waals surface area (Å²) in [6.07, 6.45) is 4.52. The Morgan fingerprint density at radius 2 is 1.88 bits per heavy atom. The fourth-order valence-corrected chi connectivity index (χ4v) is 2.42. The number of likely N-dealkylation sites (N-methyl/N-ethyl adjacent to an activating group) is 1. The summed E-state index contributed by atoms with van der Waals surface area (Å²) >= 11 is 0. The van der Waals surface area contributed by atoms with Crippen LogP contribution in [0.2, 0.25) is 0 Å². The number of guanidine groups is 1. The average molecular weight is 475 g/mol. The number of aliphatic imine (C=N–C) groups is 1. The van der Waals surface area contributed by atoms with E-state index in [1.807, 2.05) is 6.07 Å². The quantitative estimate of drug-likeness (QED) is 0.390. The molecule has 1 aliphatic rings. The first-order valence-corrected chi connectivity index (χ1v) is 8.79. The lowest BCUT2D eigenvalue weighted by atomic mass is 10.2. The lowest BCUT2D eigenvalue weighted by Crippen LogP contribution is -2.54. The van der Waals surface area contributed by atoms with E-state index in [1.165, 1.54) is 0 Å². The SMILES string of the molecule is CCC(C)NC(=NCC(=O)N(C)C)N1CCN(c2ncccn2)CC1.I. The Kier molecular flexibility index (Phi) is 9.60. The molecular formula is C17H30IN7O. The van der Waals surface area contributed by atoms with Crippen LogP contribution >= 0.6 is 24.0 Å². The molecule has 9 heteroatoms. The maximum atomic E-state index is 11.9. The molecule has 0 aromatic carbocycles. The minimum Gasteiger partial charge on any atom is -0.354 e. The number of hydrogen-bond acceptors (Lipinski definition) is 5. The first kappa shape index (κ1) is 22.4. The molecular weight excluding hydrogens is 445 g/mol. The van der Waals surface area contributed by atoms with Crippen molar-refractivity contribution in [3.8, 4) is 0 Å². The summed E-state index contributed by atoms with van der Waals surface area (Å²) in [6.45, 7) is 7.70. The second-order valence-electron chi connectivity index (χ2n) is 6.40. The summed E-state index contributed by atoms with van der Waals surface area (Å²) in [5.74, 6) is 1.57. The van der Waals surface area contributed by atoms with E-state index in [-0.39, 0.29) is 36.4 Å². The van der Waals surface area contributed by atoms with Crippen LogP contribution in [0.5, 0.6) is 0 Å². The molecule has 1 fully saturated rings. The van der Waals surface area contributed by atoms with Crippen molar-refractivity contribution in [2.45, 2.75) is 26.3 Å². The van der Waals surface area contributed by atoms with Gasteiger partial charge in [0.1, 0.15) is 6.54 Å². The van der Waals surface area contributed by atoms with E-state index in [9.17, 15) is 4.79 Å². The predicted octanol–water partition coefficient (Wildman–Crippen LogP) is 1.05. The van der Waals surface area contributed by atoms with E-state index < -0.39 is 0 Å². The number of hydrogen-bond donors (Lipinski definition) is 1. The summed E-state index contributed by atoms with van der Waals surface area (Å²) < 4.78 is 0. The molecule has 0 bridgehead atoms. The Morgan fingerprint density at radius 3 is 2.42 bits per heavy atom. The summed E-state index contributed by atoms with van der Waals surface area (Å²) in [5.41, 5.74) is 0. The van der Waals surface area contributed by atoms with Gasteiger partial charge in [0.2, 0.25) is 11.9 Å². The van der Waals surface area contributed by atoms with Crippen molar-refractivity contribution in [2.24, 2.45) is 4.99 Å². The second-order valence-corrected chi connectivity index (χ2v) is 6.40. The molecule has 26 heavy (non-hydrogen) atoms.